The molecule has 0 spiro atoms. The molecule has 0 aliphatic heterocycles. The summed E-state index contributed by atoms with van der Waals surface area (Å²) in [5.74, 6) is 1.09. The van der Waals surface area contributed by atoms with Gasteiger partial charge in [0.25, 0.3) is 0 Å². The van der Waals surface area contributed by atoms with Crippen molar-refractivity contribution in [2.24, 2.45) is 0 Å². The van der Waals surface area contributed by atoms with Crippen molar-refractivity contribution in [3.05, 3.63) is 48.3 Å². The van der Waals surface area contributed by atoms with E-state index in [-0.39, 0.29) is 12.6 Å². The van der Waals surface area contributed by atoms with E-state index in [1.165, 1.54) is 0 Å². The molecule has 5 heteroatoms. The number of aromatic amines is 1. The lowest BCUT2D eigenvalue weighted by atomic mass is 10.3. The second-order valence-corrected chi connectivity index (χ2v) is 3.74. The summed E-state index contributed by atoms with van der Waals surface area (Å²) in [5, 5.41) is 0. The molecule has 0 saturated carbocycles. The number of esters is 1. The number of rotatable bonds is 6. The molecule has 19 heavy (non-hydrogen) atoms. The van der Waals surface area contributed by atoms with Gasteiger partial charge >= 0.3 is 5.97 Å². The lowest BCUT2D eigenvalue weighted by Gasteiger charge is -2.07. The maximum Gasteiger partial charge on any atom is 0.354 e. The molecular weight excluding hydrogens is 246 g/mol. The van der Waals surface area contributed by atoms with Gasteiger partial charge in [0.1, 0.15) is 30.4 Å². The van der Waals surface area contributed by atoms with Crippen molar-refractivity contribution >= 4 is 5.97 Å². The molecule has 2 rings (SSSR count). The van der Waals surface area contributed by atoms with Crippen LogP contribution in [0, 0.1) is 0 Å². The van der Waals surface area contributed by atoms with E-state index < -0.39 is 0 Å². The first-order chi connectivity index (χ1) is 9.29. The van der Waals surface area contributed by atoms with Crippen LogP contribution in [0.1, 0.15) is 10.5 Å². The Morgan fingerprint density at radius 2 is 1.84 bits per heavy atom. The van der Waals surface area contributed by atoms with Crippen molar-refractivity contribution in [1.29, 1.82) is 0 Å². The van der Waals surface area contributed by atoms with E-state index in [2.05, 4.69) is 4.98 Å². The first-order valence-corrected chi connectivity index (χ1v) is 5.87. The normalized spacial score (nSPS) is 9.95. The number of hydrogen-bond acceptors (Lipinski definition) is 4. The largest absolute Gasteiger partial charge is 0.497 e. The number of methoxy groups -OCH3 is 1. The summed E-state index contributed by atoms with van der Waals surface area (Å²) in [6, 6.07) is 10.6. The Bertz CT molecular complexity index is 505. The topological polar surface area (TPSA) is 60.6 Å². The van der Waals surface area contributed by atoms with Gasteiger partial charge in [0.2, 0.25) is 0 Å². The first kappa shape index (κ1) is 13.0. The predicted octanol–water partition coefficient (Wildman–Crippen LogP) is 2.26. The second kappa shape index (κ2) is 6.49. The van der Waals surface area contributed by atoms with Gasteiger partial charge in [0.15, 0.2) is 0 Å². The molecule has 1 aromatic carbocycles. The van der Waals surface area contributed by atoms with Gasteiger partial charge < -0.3 is 19.2 Å². The van der Waals surface area contributed by atoms with Gasteiger partial charge in [-0.3, -0.25) is 0 Å². The molecule has 1 aromatic heterocycles. The van der Waals surface area contributed by atoms with Crippen LogP contribution in [0.4, 0.5) is 0 Å². The minimum absolute atomic E-state index is 0.198. The van der Waals surface area contributed by atoms with Crippen LogP contribution in [0.15, 0.2) is 42.6 Å². The van der Waals surface area contributed by atoms with Crippen molar-refractivity contribution in [3.63, 3.8) is 0 Å². The highest BCUT2D eigenvalue weighted by Gasteiger charge is 2.06. The third-order valence-corrected chi connectivity index (χ3v) is 2.46. The number of hydrogen-bond donors (Lipinski definition) is 1. The molecule has 0 aliphatic rings. The fourth-order valence-electron chi connectivity index (χ4n) is 1.50. The summed E-state index contributed by atoms with van der Waals surface area (Å²) in [6.45, 7) is 0.503. The highest BCUT2D eigenvalue weighted by Crippen LogP contribution is 2.16. The molecule has 0 radical (unpaired) electrons. The van der Waals surface area contributed by atoms with E-state index in [0.29, 0.717) is 18.1 Å². The van der Waals surface area contributed by atoms with E-state index >= 15 is 0 Å². The van der Waals surface area contributed by atoms with E-state index in [1.807, 2.05) is 0 Å². The van der Waals surface area contributed by atoms with Crippen LogP contribution in [0.25, 0.3) is 0 Å². The standard InChI is InChI=1S/C14H15NO4/c1-17-11-4-6-12(7-5-11)18-9-10-19-14(16)13-3-2-8-15-13/h2-8,15H,9-10H2,1H3. The van der Waals surface area contributed by atoms with Crippen LogP contribution in [-0.2, 0) is 4.74 Å². The Labute approximate surface area is 111 Å². The quantitative estimate of drug-likeness (QED) is 0.640. The van der Waals surface area contributed by atoms with Crippen LogP contribution in [-0.4, -0.2) is 31.3 Å². The molecule has 0 saturated heterocycles. The lowest BCUT2D eigenvalue weighted by Crippen LogP contribution is -2.12. The van der Waals surface area contributed by atoms with Gasteiger partial charge in [-0.05, 0) is 36.4 Å². The monoisotopic (exact) mass is 261 g/mol. The van der Waals surface area contributed by atoms with E-state index in [1.54, 1.807) is 49.7 Å². The minimum Gasteiger partial charge on any atom is -0.497 e. The molecule has 2 aromatic rings. The Hall–Kier alpha value is -2.43. The number of benzene rings is 1. The first-order valence-electron chi connectivity index (χ1n) is 5.87. The van der Waals surface area contributed by atoms with Gasteiger partial charge in [-0.1, -0.05) is 0 Å². The van der Waals surface area contributed by atoms with Crippen molar-refractivity contribution in [1.82, 2.24) is 4.98 Å². The fraction of sp³-hybridized carbons (Fsp3) is 0.214. The molecule has 5 nitrogen and oxygen atoms in total. The molecular formula is C14H15NO4. The SMILES string of the molecule is COc1ccc(OCCOC(=O)c2ccc[nH]2)cc1. The molecule has 1 heterocycles. The molecule has 0 fully saturated rings. The number of ether oxygens (including phenoxy) is 3. The highest BCUT2D eigenvalue weighted by atomic mass is 16.6. The second-order valence-electron chi connectivity index (χ2n) is 3.74. The smallest absolute Gasteiger partial charge is 0.354 e. The van der Waals surface area contributed by atoms with Crippen LogP contribution in [0.3, 0.4) is 0 Å². The zero-order valence-corrected chi connectivity index (χ0v) is 10.6. The summed E-state index contributed by atoms with van der Waals surface area (Å²) < 4.78 is 15.5. The zero-order chi connectivity index (χ0) is 13.5. The average Bonchev–Trinajstić information content (AvgIpc) is 2.98. The van der Waals surface area contributed by atoms with Crippen molar-refractivity contribution in [3.8, 4) is 11.5 Å². The van der Waals surface area contributed by atoms with E-state index in [0.717, 1.165) is 5.75 Å². The summed E-state index contributed by atoms with van der Waals surface area (Å²) in [6.07, 6.45) is 1.67. The average molecular weight is 261 g/mol. The minimum atomic E-state index is -0.386. The third kappa shape index (κ3) is 3.77. The van der Waals surface area contributed by atoms with Gasteiger partial charge in [-0.15, -0.1) is 0 Å². The molecule has 0 amide bonds. The van der Waals surface area contributed by atoms with Crippen molar-refractivity contribution in [2.75, 3.05) is 20.3 Å². The van der Waals surface area contributed by atoms with Crippen LogP contribution in [0.2, 0.25) is 0 Å². The van der Waals surface area contributed by atoms with Crippen LogP contribution < -0.4 is 9.47 Å². The zero-order valence-electron chi connectivity index (χ0n) is 10.6. The maximum atomic E-state index is 11.5. The number of H-pyrrole nitrogens is 1. The molecule has 1 N–H and O–H groups in total. The van der Waals surface area contributed by atoms with Crippen LogP contribution in [0.5, 0.6) is 11.5 Å². The molecule has 0 atom stereocenters. The van der Waals surface area contributed by atoms with Gasteiger partial charge in [-0.2, -0.15) is 0 Å². The third-order valence-electron chi connectivity index (χ3n) is 2.46. The van der Waals surface area contributed by atoms with Crippen molar-refractivity contribution in [2.45, 2.75) is 0 Å². The van der Waals surface area contributed by atoms with E-state index in [9.17, 15) is 4.79 Å². The van der Waals surface area contributed by atoms with Gasteiger partial charge in [0, 0.05) is 6.20 Å². The number of carbonyl (C=O) groups excluding carboxylic acids is 1. The molecule has 0 aliphatic carbocycles. The van der Waals surface area contributed by atoms with E-state index in [4.69, 9.17) is 14.2 Å². The van der Waals surface area contributed by atoms with Gasteiger partial charge in [-0.25, -0.2) is 4.79 Å². The van der Waals surface area contributed by atoms with Crippen molar-refractivity contribution < 1.29 is 19.0 Å². The van der Waals surface area contributed by atoms with Gasteiger partial charge in [0.05, 0.1) is 7.11 Å². The summed E-state index contributed by atoms with van der Waals surface area (Å²) in [4.78, 5) is 14.3. The molecule has 0 bridgehead atoms. The Kier molecular flexibility index (Phi) is 4.44. The Morgan fingerprint density at radius 3 is 2.47 bits per heavy atom. The fourth-order valence-corrected chi connectivity index (χ4v) is 1.50. The lowest BCUT2D eigenvalue weighted by molar-refractivity contribution is 0.0444. The Morgan fingerprint density at radius 1 is 1.11 bits per heavy atom. The Balaban J connectivity index is 1.70. The summed E-state index contributed by atoms with van der Waals surface area (Å²) in [5.41, 5.74) is 0.435. The summed E-state index contributed by atoms with van der Waals surface area (Å²) >= 11 is 0. The summed E-state index contributed by atoms with van der Waals surface area (Å²) in [7, 11) is 1.61. The number of carbonyl (C=O) groups is 1. The molecule has 100 valence electrons. The maximum absolute atomic E-state index is 11.5. The predicted molar refractivity (Wildman–Crippen MR) is 69.6 cm³/mol. The number of nitrogens with one attached hydrogen (secondary N) is 1. The number of aromatic nitrogens is 1. The van der Waals surface area contributed by atoms with Crippen LogP contribution >= 0.6 is 0 Å². The highest BCUT2D eigenvalue weighted by molar-refractivity contribution is 5.87. The molecule has 0 unspecified atom stereocenters.